The molecule has 2 aromatic rings. The molecule has 0 aliphatic heterocycles. The maximum absolute atomic E-state index is 12.7. The van der Waals surface area contributed by atoms with Gasteiger partial charge in [0.2, 0.25) is 0 Å². The molecule has 0 saturated carbocycles. The molecule has 7 heteroatoms. The van der Waals surface area contributed by atoms with E-state index in [1.54, 1.807) is 0 Å². The van der Waals surface area contributed by atoms with Crippen LogP contribution in [0.2, 0.25) is 0 Å². The Morgan fingerprint density at radius 3 is 2.73 bits per heavy atom. The first-order chi connectivity index (χ1) is 7.20. The third kappa shape index (κ3) is 1.87. The van der Waals surface area contributed by atoms with Crippen molar-refractivity contribution >= 4 is 15.9 Å². The van der Waals surface area contributed by atoms with Gasteiger partial charge in [0.1, 0.15) is 0 Å². The maximum atomic E-state index is 12.7. The third-order valence-corrected chi connectivity index (χ3v) is 2.47. The summed E-state index contributed by atoms with van der Waals surface area (Å²) in [5, 5.41) is 7.16. The lowest BCUT2D eigenvalue weighted by Gasteiger charge is -2.08. The highest BCUT2D eigenvalue weighted by molar-refractivity contribution is 9.10. The molecule has 0 amide bonds. The first-order valence-corrected chi connectivity index (χ1v) is 4.78. The SMILES string of the molecule is FC(F)c1c(Br)ccnc1-n1ccnn1. The van der Waals surface area contributed by atoms with E-state index in [9.17, 15) is 8.78 Å². The van der Waals surface area contributed by atoms with Gasteiger partial charge in [0.15, 0.2) is 5.82 Å². The largest absolute Gasteiger partial charge is 0.268 e. The highest BCUT2D eigenvalue weighted by Gasteiger charge is 2.19. The standard InChI is InChI=1S/C8H5BrF2N4/c9-5-1-2-12-8(6(5)7(10)11)15-4-3-13-14-15/h1-4,7H. The fourth-order valence-corrected chi connectivity index (χ4v) is 1.61. The van der Waals surface area contributed by atoms with Crippen molar-refractivity contribution in [3.8, 4) is 5.82 Å². The van der Waals surface area contributed by atoms with Gasteiger partial charge in [-0.15, -0.1) is 5.10 Å². The van der Waals surface area contributed by atoms with E-state index in [1.807, 2.05) is 0 Å². The van der Waals surface area contributed by atoms with Gasteiger partial charge in [0, 0.05) is 10.7 Å². The summed E-state index contributed by atoms with van der Waals surface area (Å²) < 4.78 is 27.0. The molecule has 0 radical (unpaired) electrons. The lowest BCUT2D eigenvalue weighted by Crippen LogP contribution is -2.04. The van der Waals surface area contributed by atoms with E-state index in [0.29, 0.717) is 4.47 Å². The highest BCUT2D eigenvalue weighted by atomic mass is 79.9. The molecule has 2 aromatic heterocycles. The number of rotatable bonds is 2. The molecule has 15 heavy (non-hydrogen) atoms. The molecule has 0 aliphatic rings. The second-order valence-electron chi connectivity index (χ2n) is 2.68. The number of halogens is 3. The van der Waals surface area contributed by atoms with Crippen LogP contribution in [0, 0.1) is 0 Å². The van der Waals surface area contributed by atoms with Crippen molar-refractivity contribution in [2.75, 3.05) is 0 Å². The summed E-state index contributed by atoms with van der Waals surface area (Å²) in [5.41, 5.74) is -0.192. The predicted molar refractivity (Wildman–Crippen MR) is 51.8 cm³/mol. The van der Waals surface area contributed by atoms with Crippen LogP contribution >= 0.6 is 15.9 Å². The highest BCUT2D eigenvalue weighted by Crippen LogP contribution is 2.30. The third-order valence-electron chi connectivity index (χ3n) is 1.77. The van der Waals surface area contributed by atoms with E-state index in [0.717, 1.165) is 0 Å². The number of hydrogen-bond donors (Lipinski definition) is 0. The van der Waals surface area contributed by atoms with Gasteiger partial charge in [-0.2, -0.15) is 0 Å². The van der Waals surface area contributed by atoms with E-state index in [1.165, 1.54) is 29.3 Å². The number of nitrogens with zero attached hydrogens (tertiary/aromatic N) is 4. The smallest absolute Gasteiger partial charge is 0.237 e. The number of pyridine rings is 1. The number of aromatic nitrogens is 4. The van der Waals surface area contributed by atoms with Crippen molar-refractivity contribution in [2.45, 2.75) is 6.43 Å². The zero-order valence-electron chi connectivity index (χ0n) is 7.31. The van der Waals surface area contributed by atoms with Crippen molar-refractivity contribution in [1.82, 2.24) is 20.0 Å². The average Bonchev–Trinajstić information content (AvgIpc) is 2.69. The number of hydrogen-bond acceptors (Lipinski definition) is 3. The number of alkyl halides is 2. The fraction of sp³-hybridized carbons (Fsp3) is 0.125. The molecule has 0 atom stereocenters. The van der Waals surface area contributed by atoms with Gasteiger partial charge in [-0.05, 0) is 6.07 Å². The van der Waals surface area contributed by atoms with Crippen molar-refractivity contribution in [1.29, 1.82) is 0 Å². The summed E-state index contributed by atoms with van der Waals surface area (Å²) >= 11 is 3.05. The summed E-state index contributed by atoms with van der Waals surface area (Å²) in [4.78, 5) is 3.85. The van der Waals surface area contributed by atoms with Gasteiger partial charge < -0.3 is 0 Å². The van der Waals surface area contributed by atoms with Crippen LogP contribution in [0.4, 0.5) is 8.78 Å². The summed E-state index contributed by atoms with van der Waals surface area (Å²) in [5.74, 6) is 0.0804. The van der Waals surface area contributed by atoms with Crippen LogP contribution in [0.3, 0.4) is 0 Å². The Hall–Kier alpha value is -1.37. The van der Waals surface area contributed by atoms with Crippen molar-refractivity contribution < 1.29 is 8.78 Å². The molecule has 0 aromatic carbocycles. The molecule has 0 fully saturated rings. The lowest BCUT2D eigenvalue weighted by atomic mass is 10.2. The minimum atomic E-state index is -2.62. The Labute approximate surface area is 92.1 Å². The lowest BCUT2D eigenvalue weighted by molar-refractivity contribution is 0.149. The molecule has 0 N–H and O–H groups in total. The Bertz CT molecular complexity index is 458. The normalized spacial score (nSPS) is 10.9. The minimum Gasteiger partial charge on any atom is -0.237 e. The first kappa shape index (κ1) is 10.2. The van der Waals surface area contributed by atoms with E-state index in [2.05, 4.69) is 31.2 Å². The summed E-state index contributed by atoms with van der Waals surface area (Å²) in [7, 11) is 0. The predicted octanol–water partition coefficient (Wildman–Crippen LogP) is 2.36. The van der Waals surface area contributed by atoms with Crippen LogP contribution < -0.4 is 0 Å². The fourth-order valence-electron chi connectivity index (χ4n) is 1.15. The molecule has 4 nitrogen and oxygen atoms in total. The van der Waals surface area contributed by atoms with Gasteiger partial charge in [0.05, 0.1) is 18.0 Å². The Morgan fingerprint density at radius 2 is 2.13 bits per heavy atom. The Balaban J connectivity index is 2.61. The molecule has 0 spiro atoms. The van der Waals surface area contributed by atoms with Gasteiger partial charge in [-0.3, -0.25) is 0 Å². The summed E-state index contributed by atoms with van der Waals surface area (Å²) in [6.07, 6.45) is 1.66. The summed E-state index contributed by atoms with van der Waals surface area (Å²) in [6.45, 7) is 0. The van der Waals surface area contributed by atoms with Gasteiger partial charge in [-0.1, -0.05) is 21.1 Å². The average molecular weight is 275 g/mol. The second kappa shape index (κ2) is 4.01. The van der Waals surface area contributed by atoms with Crippen LogP contribution in [-0.4, -0.2) is 20.0 Å². The zero-order valence-corrected chi connectivity index (χ0v) is 8.90. The van der Waals surface area contributed by atoms with E-state index in [-0.39, 0.29) is 11.4 Å². The van der Waals surface area contributed by atoms with Crippen LogP contribution in [0.1, 0.15) is 12.0 Å². The van der Waals surface area contributed by atoms with Crippen LogP contribution in [-0.2, 0) is 0 Å². The van der Waals surface area contributed by atoms with E-state index >= 15 is 0 Å². The zero-order chi connectivity index (χ0) is 10.8. The maximum Gasteiger partial charge on any atom is 0.268 e. The quantitative estimate of drug-likeness (QED) is 0.845. The van der Waals surface area contributed by atoms with Gasteiger partial charge in [-0.25, -0.2) is 18.4 Å². The van der Waals surface area contributed by atoms with Gasteiger partial charge in [0.25, 0.3) is 6.43 Å². The molecule has 0 aliphatic carbocycles. The molecular weight excluding hydrogens is 270 g/mol. The molecular formula is C8H5BrF2N4. The molecule has 0 bridgehead atoms. The topological polar surface area (TPSA) is 43.6 Å². The van der Waals surface area contributed by atoms with Crippen LogP contribution in [0.25, 0.3) is 5.82 Å². The molecule has 0 unspecified atom stereocenters. The molecule has 0 saturated heterocycles. The van der Waals surface area contributed by atoms with Gasteiger partial charge >= 0.3 is 0 Å². The monoisotopic (exact) mass is 274 g/mol. The Kier molecular flexibility index (Phi) is 2.72. The summed E-state index contributed by atoms with van der Waals surface area (Å²) in [6, 6.07) is 1.46. The molecule has 78 valence electrons. The van der Waals surface area contributed by atoms with Crippen LogP contribution in [0.15, 0.2) is 29.1 Å². The van der Waals surface area contributed by atoms with Crippen molar-refractivity contribution in [2.24, 2.45) is 0 Å². The van der Waals surface area contributed by atoms with Crippen LogP contribution in [0.5, 0.6) is 0 Å². The van der Waals surface area contributed by atoms with Crippen molar-refractivity contribution in [3.05, 3.63) is 34.7 Å². The Morgan fingerprint density at radius 1 is 1.33 bits per heavy atom. The molecule has 2 heterocycles. The van der Waals surface area contributed by atoms with E-state index in [4.69, 9.17) is 0 Å². The second-order valence-corrected chi connectivity index (χ2v) is 3.53. The first-order valence-electron chi connectivity index (χ1n) is 3.99. The van der Waals surface area contributed by atoms with Crippen molar-refractivity contribution in [3.63, 3.8) is 0 Å². The minimum absolute atomic E-state index is 0.0804. The molecule has 2 rings (SSSR count). The van der Waals surface area contributed by atoms with E-state index < -0.39 is 6.43 Å².